The van der Waals surface area contributed by atoms with Gasteiger partial charge in [-0.05, 0) is 73.6 Å². The third-order valence-electron chi connectivity index (χ3n) is 11.3. The van der Waals surface area contributed by atoms with Crippen molar-refractivity contribution in [3.05, 3.63) is 108 Å². The van der Waals surface area contributed by atoms with Crippen molar-refractivity contribution in [2.24, 2.45) is 11.8 Å². The smallest absolute Gasteiger partial charge is 0.246 e. The summed E-state index contributed by atoms with van der Waals surface area (Å²) in [5.74, 6) is 0.760. The van der Waals surface area contributed by atoms with Crippen molar-refractivity contribution in [1.82, 2.24) is 20.0 Å². The second kappa shape index (κ2) is 14.9. The average molecular weight is 663 g/mol. The Labute approximate surface area is 290 Å². The van der Waals surface area contributed by atoms with Gasteiger partial charge in [0.25, 0.3) is 0 Å². The van der Waals surface area contributed by atoms with Crippen LogP contribution in [0.3, 0.4) is 0 Å². The number of nitrogens with zero attached hydrogens (tertiary/aromatic N) is 3. The van der Waals surface area contributed by atoms with Gasteiger partial charge < -0.3 is 25.1 Å². The molecule has 3 aromatic carbocycles. The lowest BCUT2D eigenvalue weighted by molar-refractivity contribution is -0.146. The van der Waals surface area contributed by atoms with E-state index in [0.717, 1.165) is 55.0 Å². The molecule has 0 aromatic heterocycles. The summed E-state index contributed by atoms with van der Waals surface area (Å²) < 4.78 is 0. The lowest BCUT2D eigenvalue weighted by Gasteiger charge is -2.38. The van der Waals surface area contributed by atoms with E-state index in [0.29, 0.717) is 25.4 Å². The third kappa shape index (κ3) is 7.31. The summed E-state index contributed by atoms with van der Waals surface area (Å²) >= 11 is 0. The van der Waals surface area contributed by atoms with E-state index in [1.165, 1.54) is 19.4 Å². The highest BCUT2D eigenvalue weighted by Gasteiger charge is 2.47. The molecule has 1 aliphatic carbocycles. The molecule has 49 heavy (non-hydrogen) atoms. The van der Waals surface area contributed by atoms with Gasteiger partial charge in [-0.25, -0.2) is 0 Å². The molecule has 0 spiro atoms. The van der Waals surface area contributed by atoms with Crippen LogP contribution in [-0.2, 0) is 19.8 Å². The fourth-order valence-electron chi connectivity index (χ4n) is 8.63. The van der Waals surface area contributed by atoms with Crippen LogP contribution in [0.25, 0.3) is 0 Å². The number of benzene rings is 3. The molecule has 1 saturated carbocycles. The Balaban J connectivity index is 1.08. The van der Waals surface area contributed by atoms with E-state index in [1.807, 2.05) is 54.6 Å². The van der Waals surface area contributed by atoms with Crippen LogP contribution in [-0.4, -0.2) is 95.0 Å². The Morgan fingerprint density at radius 2 is 1.29 bits per heavy atom. The second-order valence-corrected chi connectivity index (χ2v) is 14.8. The maximum Gasteiger partial charge on any atom is 0.246 e. The van der Waals surface area contributed by atoms with Gasteiger partial charge in [-0.1, -0.05) is 91.0 Å². The Hall–Kier alpha value is -4.01. The lowest BCUT2D eigenvalue weighted by atomic mass is 9.67. The zero-order chi connectivity index (χ0) is 33.8. The van der Waals surface area contributed by atoms with Crippen LogP contribution >= 0.6 is 0 Å². The molecular formula is C41H50N4O4. The Morgan fingerprint density at radius 3 is 1.88 bits per heavy atom. The van der Waals surface area contributed by atoms with E-state index in [1.54, 1.807) is 9.80 Å². The van der Waals surface area contributed by atoms with Crippen LogP contribution in [0.5, 0.6) is 0 Å². The number of piperidine rings is 1. The van der Waals surface area contributed by atoms with Gasteiger partial charge >= 0.3 is 0 Å². The molecule has 3 aliphatic heterocycles. The predicted molar refractivity (Wildman–Crippen MR) is 190 cm³/mol. The summed E-state index contributed by atoms with van der Waals surface area (Å²) in [7, 11) is 0. The van der Waals surface area contributed by atoms with Gasteiger partial charge in [-0.2, -0.15) is 0 Å². The summed E-state index contributed by atoms with van der Waals surface area (Å²) in [6.07, 6.45) is 5.77. The zero-order valence-electron chi connectivity index (χ0n) is 28.5. The molecule has 2 N–H and O–H groups in total. The van der Waals surface area contributed by atoms with Gasteiger partial charge in [0.2, 0.25) is 17.7 Å². The summed E-state index contributed by atoms with van der Waals surface area (Å²) in [5.41, 5.74) is 2.13. The first-order chi connectivity index (χ1) is 23.9. The Kier molecular flexibility index (Phi) is 10.1. The van der Waals surface area contributed by atoms with Gasteiger partial charge in [0.1, 0.15) is 12.1 Å². The fourth-order valence-corrected chi connectivity index (χ4v) is 8.63. The molecule has 4 fully saturated rings. The van der Waals surface area contributed by atoms with Gasteiger partial charge in [0, 0.05) is 45.6 Å². The average Bonchev–Trinajstić information content (AvgIpc) is 3.65. The van der Waals surface area contributed by atoms with Crippen LogP contribution in [0.2, 0.25) is 0 Å². The molecule has 8 nitrogen and oxygen atoms in total. The van der Waals surface area contributed by atoms with E-state index in [4.69, 9.17) is 0 Å². The monoisotopic (exact) mass is 662 g/mol. The molecule has 4 atom stereocenters. The van der Waals surface area contributed by atoms with E-state index >= 15 is 0 Å². The third-order valence-corrected chi connectivity index (χ3v) is 11.3. The number of aliphatic hydroxyl groups excluding tert-OH is 1. The summed E-state index contributed by atoms with van der Waals surface area (Å²) in [4.78, 5) is 48.3. The number of β-amino-alcohol motifs (C(OH)–C–C–N with tert-alkyl or cyclic N) is 1. The number of amides is 3. The summed E-state index contributed by atoms with van der Waals surface area (Å²) in [5, 5.41) is 14.1. The number of aliphatic hydroxyl groups is 1. The zero-order valence-corrected chi connectivity index (χ0v) is 28.5. The van der Waals surface area contributed by atoms with Crippen molar-refractivity contribution < 1.29 is 19.5 Å². The molecule has 0 radical (unpaired) electrons. The fraction of sp³-hybridized carbons (Fsp3) is 0.488. The quantitative estimate of drug-likeness (QED) is 0.293. The highest BCUT2D eigenvalue weighted by Crippen LogP contribution is 2.43. The number of carbonyl (C=O) groups excluding carboxylic acids is 3. The van der Waals surface area contributed by atoms with Crippen LogP contribution < -0.4 is 5.32 Å². The molecule has 0 unspecified atom stereocenters. The largest absolute Gasteiger partial charge is 0.391 e. The van der Waals surface area contributed by atoms with Crippen molar-refractivity contribution >= 4 is 17.7 Å². The first-order valence-corrected chi connectivity index (χ1v) is 18.4. The molecular weight excluding hydrogens is 612 g/mol. The van der Waals surface area contributed by atoms with Gasteiger partial charge in [-0.3, -0.25) is 14.4 Å². The normalized spacial score (nSPS) is 24.6. The SMILES string of the molecule is O=C(NC[C@H]1CCCN(CC2CC2)C1)[C@H]1CCCN1C(=O)[C@@H]1C[C@@H](O)CN1C(=O)CC(c1ccccc1)(c1ccccc1)c1ccccc1. The molecule has 258 valence electrons. The van der Waals surface area contributed by atoms with E-state index in [2.05, 4.69) is 46.6 Å². The highest BCUT2D eigenvalue weighted by molar-refractivity contribution is 5.93. The van der Waals surface area contributed by atoms with Crippen LogP contribution in [0, 0.1) is 11.8 Å². The van der Waals surface area contributed by atoms with Crippen LogP contribution in [0.4, 0.5) is 0 Å². The van der Waals surface area contributed by atoms with Crippen molar-refractivity contribution in [2.45, 2.75) is 75.0 Å². The molecule has 3 amide bonds. The van der Waals surface area contributed by atoms with Crippen molar-refractivity contribution in [3.63, 3.8) is 0 Å². The standard InChI is InChI=1S/C41H50N4O4/c46-35-24-37(40(49)44-23-11-19-36(44)39(48)42-26-31-12-10-22-43(28-31)27-30-20-21-30)45(29-35)38(47)25-41(32-13-4-1-5-14-32,33-15-6-2-7-16-33)34-17-8-3-9-18-34/h1-9,13-18,30-31,35-37,46H,10-12,19-29H2,(H,42,48)/t31-,35-,36-,37+/m1/s1. The van der Waals surface area contributed by atoms with E-state index in [-0.39, 0.29) is 37.1 Å². The number of carbonyl (C=O) groups is 3. The molecule has 7 rings (SSSR count). The van der Waals surface area contributed by atoms with Crippen LogP contribution in [0.1, 0.15) is 68.1 Å². The van der Waals surface area contributed by atoms with Crippen molar-refractivity contribution in [1.29, 1.82) is 0 Å². The highest BCUT2D eigenvalue weighted by atomic mass is 16.3. The van der Waals surface area contributed by atoms with E-state index in [9.17, 15) is 19.5 Å². The minimum Gasteiger partial charge on any atom is -0.391 e. The molecule has 0 bridgehead atoms. The van der Waals surface area contributed by atoms with E-state index < -0.39 is 23.6 Å². The van der Waals surface area contributed by atoms with Gasteiger partial charge in [0.05, 0.1) is 11.5 Å². The predicted octanol–water partition coefficient (Wildman–Crippen LogP) is 4.60. The second-order valence-electron chi connectivity index (χ2n) is 14.8. The molecule has 3 aromatic rings. The molecule has 3 saturated heterocycles. The number of nitrogens with one attached hydrogen (secondary N) is 1. The lowest BCUT2D eigenvalue weighted by Crippen LogP contribution is -2.54. The minimum absolute atomic E-state index is 0.0879. The molecule has 3 heterocycles. The topological polar surface area (TPSA) is 93.2 Å². The minimum atomic E-state index is -0.815. The van der Waals surface area contributed by atoms with Gasteiger partial charge in [-0.15, -0.1) is 0 Å². The number of hydrogen-bond acceptors (Lipinski definition) is 5. The van der Waals surface area contributed by atoms with Crippen molar-refractivity contribution in [2.75, 3.05) is 39.3 Å². The number of rotatable bonds is 11. The Bertz CT molecular complexity index is 1480. The summed E-state index contributed by atoms with van der Waals surface area (Å²) in [6, 6.07) is 28.8. The Morgan fingerprint density at radius 1 is 0.694 bits per heavy atom. The maximum absolute atomic E-state index is 14.6. The maximum atomic E-state index is 14.6. The summed E-state index contributed by atoms with van der Waals surface area (Å²) in [6.45, 7) is 4.56. The van der Waals surface area contributed by atoms with Crippen molar-refractivity contribution in [3.8, 4) is 0 Å². The molecule has 4 aliphatic rings. The molecule has 8 heteroatoms. The van der Waals surface area contributed by atoms with Crippen LogP contribution in [0.15, 0.2) is 91.0 Å². The first-order valence-electron chi connectivity index (χ1n) is 18.4. The first kappa shape index (κ1) is 33.5. The number of hydrogen-bond donors (Lipinski definition) is 2. The number of likely N-dealkylation sites (tertiary alicyclic amines) is 3. The van der Waals surface area contributed by atoms with Gasteiger partial charge in [0.15, 0.2) is 0 Å².